The van der Waals surface area contributed by atoms with Crippen molar-refractivity contribution in [2.75, 3.05) is 13.1 Å². The first-order valence-corrected chi connectivity index (χ1v) is 7.10. The van der Waals surface area contributed by atoms with Gasteiger partial charge in [0.25, 0.3) is 0 Å². The number of hydrogen-bond acceptors (Lipinski definition) is 3. The number of alkyl halides is 3. The second-order valence-electron chi connectivity index (χ2n) is 5.23. The first kappa shape index (κ1) is 15.5. The standard InChI is InChI=1S/C16H14F3N3O/c17-16(18,19)12-4-5-20-13(9-12)10-2-1-3-11(8-10)14-15(23)22-7-6-21-14/h1-5,8-9,14,21H,6-7H2,(H,22,23). The largest absolute Gasteiger partial charge is 0.416 e. The molecule has 1 aliphatic heterocycles. The quantitative estimate of drug-likeness (QED) is 0.894. The number of carbonyl (C=O) groups excluding carboxylic acids is 1. The van der Waals surface area contributed by atoms with E-state index in [9.17, 15) is 18.0 Å². The zero-order valence-electron chi connectivity index (χ0n) is 12.0. The van der Waals surface area contributed by atoms with Gasteiger partial charge >= 0.3 is 6.18 Å². The van der Waals surface area contributed by atoms with E-state index in [4.69, 9.17) is 0 Å². The summed E-state index contributed by atoms with van der Waals surface area (Å²) >= 11 is 0. The predicted octanol–water partition coefficient (Wildman–Crippen LogP) is 2.53. The Hall–Kier alpha value is -2.41. The van der Waals surface area contributed by atoms with Gasteiger partial charge in [0.1, 0.15) is 6.04 Å². The third-order valence-corrected chi connectivity index (χ3v) is 3.64. The molecule has 2 heterocycles. The van der Waals surface area contributed by atoms with Gasteiger partial charge in [-0.2, -0.15) is 13.2 Å². The molecule has 7 heteroatoms. The molecular weight excluding hydrogens is 307 g/mol. The first-order chi connectivity index (χ1) is 10.9. The van der Waals surface area contributed by atoms with Crippen LogP contribution in [0.5, 0.6) is 0 Å². The maximum absolute atomic E-state index is 12.8. The molecule has 0 radical (unpaired) electrons. The van der Waals surface area contributed by atoms with E-state index >= 15 is 0 Å². The molecule has 1 unspecified atom stereocenters. The van der Waals surface area contributed by atoms with Crippen LogP contribution in [0, 0.1) is 0 Å². The van der Waals surface area contributed by atoms with Gasteiger partial charge < -0.3 is 10.6 Å². The number of pyridine rings is 1. The summed E-state index contributed by atoms with van der Waals surface area (Å²) in [6, 6.07) is 8.26. The number of amides is 1. The summed E-state index contributed by atoms with van der Waals surface area (Å²) in [5.74, 6) is -0.148. The third-order valence-electron chi connectivity index (χ3n) is 3.64. The summed E-state index contributed by atoms with van der Waals surface area (Å²) in [6.45, 7) is 1.20. The lowest BCUT2D eigenvalue weighted by Crippen LogP contribution is -2.47. The van der Waals surface area contributed by atoms with Crippen LogP contribution in [-0.2, 0) is 11.0 Å². The summed E-state index contributed by atoms with van der Waals surface area (Å²) in [4.78, 5) is 15.9. The average molecular weight is 321 g/mol. The van der Waals surface area contributed by atoms with E-state index in [1.165, 1.54) is 0 Å². The number of carbonyl (C=O) groups is 1. The fraction of sp³-hybridized carbons (Fsp3) is 0.250. The minimum atomic E-state index is -4.42. The Morgan fingerprint density at radius 3 is 2.70 bits per heavy atom. The van der Waals surface area contributed by atoms with Gasteiger partial charge in [-0.1, -0.05) is 18.2 Å². The SMILES string of the molecule is O=C1NCCNC1c1cccc(-c2cc(C(F)(F)F)ccn2)c1. The molecule has 3 rings (SSSR count). The minimum Gasteiger partial charge on any atom is -0.353 e. The average Bonchev–Trinajstić information content (AvgIpc) is 2.55. The number of aromatic nitrogens is 1. The van der Waals surface area contributed by atoms with Crippen LogP contribution in [0.15, 0.2) is 42.6 Å². The van der Waals surface area contributed by atoms with Gasteiger partial charge in [0.05, 0.1) is 11.3 Å². The normalized spacial score (nSPS) is 18.6. The zero-order chi connectivity index (χ0) is 16.4. The molecule has 0 spiro atoms. The minimum absolute atomic E-state index is 0.148. The molecule has 1 atom stereocenters. The van der Waals surface area contributed by atoms with Gasteiger partial charge in [-0.25, -0.2) is 0 Å². The van der Waals surface area contributed by atoms with Crippen LogP contribution in [-0.4, -0.2) is 24.0 Å². The van der Waals surface area contributed by atoms with E-state index in [2.05, 4.69) is 15.6 Å². The molecule has 1 amide bonds. The predicted molar refractivity (Wildman–Crippen MR) is 78.4 cm³/mol. The second kappa shape index (κ2) is 6.00. The number of piperazine rings is 1. The highest BCUT2D eigenvalue weighted by Crippen LogP contribution is 2.31. The van der Waals surface area contributed by atoms with Gasteiger partial charge in [0.2, 0.25) is 5.91 Å². The summed E-state index contributed by atoms with van der Waals surface area (Å²) in [6.07, 6.45) is -3.28. The first-order valence-electron chi connectivity index (χ1n) is 7.10. The Morgan fingerprint density at radius 1 is 1.13 bits per heavy atom. The second-order valence-corrected chi connectivity index (χ2v) is 5.23. The van der Waals surface area contributed by atoms with Crippen molar-refractivity contribution in [1.82, 2.24) is 15.6 Å². The van der Waals surface area contributed by atoms with Gasteiger partial charge in [0, 0.05) is 24.8 Å². The molecule has 120 valence electrons. The van der Waals surface area contributed by atoms with E-state index in [1.54, 1.807) is 24.3 Å². The molecule has 0 aliphatic carbocycles. The Labute approximate surface area is 130 Å². The third kappa shape index (κ3) is 3.34. The number of rotatable bonds is 2. The van der Waals surface area contributed by atoms with Crippen LogP contribution >= 0.6 is 0 Å². The molecule has 4 nitrogen and oxygen atoms in total. The Morgan fingerprint density at radius 2 is 1.96 bits per heavy atom. The van der Waals surface area contributed by atoms with E-state index in [-0.39, 0.29) is 11.6 Å². The van der Waals surface area contributed by atoms with E-state index < -0.39 is 17.8 Å². The van der Waals surface area contributed by atoms with Crippen molar-refractivity contribution >= 4 is 5.91 Å². The van der Waals surface area contributed by atoms with Gasteiger partial charge in [-0.3, -0.25) is 9.78 Å². The van der Waals surface area contributed by atoms with Gasteiger partial charge in [-0.05, 0) is 23.8 Å². The van der Waals surface area contributed by atoms with Crippen molar-refractivity contribution < 1.29 is 18.0 Å². The van der Waals surface area contributed by atoms with E-state index in [0.29, 0.717) is 24.2 Å². The summed E-state index contributed by atoms with van der Waals surface area (Å²) < 4.78 is 38.4. The number of benzene rings is 1. The van der Waals surface area contributed by atoms with Crippen molar-refractivity contribution in [3.63, 3.8) is 0 Å². The highest BCUT2D eigenvalue weighted by atomic mass is 19.4. The van der Waals surface area contributed by atoms with Gasteiger partial charge in [0.15, 0.2) is 0 Å². The topological polar surface area (TPSA) is 54.0 Å². The molecule has 0 saturated carbocycles. The number of nitrogens with zero attached hydrogens (tertiary/aromatic N) is 1. The Balaban J connectivity index is 1.95. The van der Waals surface area contributed by atoms with Crippen LogP contribution < -0.4 is 10.6 Å². The zero-order valence-corrected chi connectivity index (χ0v) is 12.0. The van der Waals surface area contributed by atoms with Crippen LogP contribution in [0.2, 0.25) is 0 Å². The van der Waals surface area contributed by atoms with Crippen molar-refractivity contribution in [3.05, 3.63) is 53.7 Å². The summed E-state index contributed by atoms with van der Waals surface area (Å²) in [5, 5.41) is 5.84. The van der Waals surface area contributed by atoms with Crippen molar-refractivity contribution in [1.29, 1.82) is 0 Å². The smallest absolute Gasteiger partial charge is 0.353 e. The molecule has 1 aromatic carbocycles. The number of halogens is 3. The number of nitrogens with one attached hydrogen (secondary N) is 2. The van der Waals surface area contributed by atoms with E-state index in [0.717, 1.165) is 18.3 Å². The van der Waals surface area contributed by atoms with Gasteiger partial charge in [-0.15, -0.1) is 0 Å². The lowest BCUT2D eigenvalue weighted by molar-refractivity contribution is -0.137. The van der Waals surface area contributed by atoms with Crippen molar-refractivity contribution in [2.24, 2.45) is 0 Å². The highest BCUT2D eigenvalue weighted by molar-refractivity contribution is 5.84. The van der Waals surface area contributed by atoms with Crippen molar-refractivity contribution in [3.8, 4) is 11.3 Å². The maximum Gasteiger partial charge on any atom is 0.416 e. The summed E-state index contributed by atoms with van der Waals surface area (Å²) in [7, 11) is 0. The molecule has 0 bridgehead atoms. The fourth-order valence-corrected chi connectivity index (χ4v) is 2.51. The molecule has 1 aliphatic rings. The maximum atomic E-state index is 12.8. The van der Waals surface area contributed by atoms with E-state index in [1.807, 2.05) is 0 Å². The number of hydrogen-bond donors (Lipinski definition) is 2. The lowest BCUT2D eigenvalue weighted by atomic mass is 10.00. The van der Waals surface area contributed by atoms with Crippen LogP contribution in [0.25, 0.3) is 11.3 Å². The molecule has 23 heavy (non-hydrogen) atoms. The van der Waals surface area contributed by atoms with Crippen LogP contribution in [0.4, 0.5) is 13.2 Å². The van der Waals surface area contributed by atoms with Crippen molar-refractivity contribution in [2.45, 2.75) is 12.2 Å². The molecular formula is C16H14F3N3O. The lowest BCUT2D eigenvalue weighted by Gasteiger charge is -2.24. The Kier molecular flexibility index (Phi) is 4.04. The fourth-order valence-electron chi connectivity index (χ4n) is 2.51. The summed E-state index contributed by atoms with van der Waals surface area (Å²) in [5.41, 5.74) is 0.701. The monoisotopic (exact) mass is 321 g/mol. The molecule has 1 aromatic heterocycles. The molecule has 2 aromatic rings. The molecule has 1 saturated heterocycles. The molecule has 2 N–H and O–H groups in total. The molecule has 1 fully saturated rings. The van der Waals surface area contributed by atoms with Crippen LogP contribution in [0.3, 0.4) is 0 Å². The highest BCUT2D eigenvalue weighted by Gasteiger charge is 2.31. The van der Waals surface area contributed by atoms with Crippen LogP contribution in [0.1, 0.15) is 17.2 Å². The Bertz CT molecular complexity index is 731.